The molecule has 0 heterocycles. The summed E-state index contributed by atoms with van der Waals surface area (Å²) in [6, 6.07) is 10.5. The molecule has 0 heteroatoms. The van der Waals surface area contributed by atoms with E-state index in [-0.39, 0.29) is 0 Å². The fourth-order valence-electron chi connectivity index (χ4n) is 1.79. The van der Waals surface area contributed by atoms with E-state index in [0.29, 0.717) is 5.92 Å². The van der Waals surface area contributed by atoms with Gasteiger partial charge < -0.3 is 0 Å². The first kappa shape index (κ1) is 13.6. The fraction of sp³-hybridized carbons (Fsp3) is 0.412. The standard InChI is InChI=1S/C17H22/c1-3-5-6-7-9-13-16(12-4-2)17-14-10-8-11-15-17/h4,8,10-11,14-16H,2-3,5-7,12H2,1H3. The molecule has 0 aliphatic heterocycles. The van der Waals surface area contributed by atoms with Crippen LogP contribution in [0.25, 0.3) is 0 Å². The Kier molecular flexibility index (Phi) is 6.91. The second-order valence-electron chi connectivity index (χ2n) is 4.27. The first-order valence-electron chi connectivity index (χ1n) is 6.52. The van der Waals surface area contributed by atoms with Crippen LogP contribution in [0.3, 0.4) is 0 Å². The Morgan fingerprint density at radius 3 is 2.65 bits per heavy atom. The minimum atomic E-state index is 0.315. The Labute approximate surface area is 106 Å². The average molecular weight is 226 g/mol. The maximum absolute atomic E-state index is 3.82. The van der Waals surface area contributed by atoms with E-state index in [2.05, 4.69) is 49.6 Å². The van der Waals surface area contributed by atoms with Crippen molar-refractivity contribution >= 4 is 0 Å². The summed E-state index contributed by atoms with van der Waals surface area (Å²) in [7, 11) is 0. The Balaban J connectivity index is 2.57. The molecular weight excluding hydrogens is 204 g/mol. The molecule has 0 N–H and O–H groups in total. The van der Waals surface area contributed by atoms with E-state index in [4.69, 9.17) is 0 Å². The lowest BCUT2D eigenvalue weighted by Gasteiger charge is -2.07. The van der Waals surface area contributed by atoms with Gasteiger partial charge in [0, 0.05) is 12.3 Å². The van der Waals surface area contributed by atoms with Crippen molar-refractivity contribution in [2.45, 2.75) is 44.9 Å². The van der Waals surface area contributed by atoms with E-state index in [9.17, 15) is 0 Å². The zero-order chi connectivity index (χ0) is 12.3. The first-order valence-corrected chi connectivity index (χ1v) is 6.52. The molecule has 1 unspecified atom stereocenters. The average Bonchev–Trinajstić information content (AvgIpc) is 2.38. The molecule has 0 bridgehead atoms. The van der Waals surface area contributed by atoms with E-state index in [1.54, 1.807) is 0 Å². The Bertz CT molecular complexity index is 364. The lowest BCUT2D eigenvalue weighted by Crippen LogP contribution is -1.93. The molecular formula is C17H22. The summed E-state index contributed by atoms with van der Waals surface area (Å²) < 4.78 is 0. The minimum absolute atomic E-state index is 0.315. The van der Waals surface area contributed by atoms with Crippen LogP contribution in [0, 0.1) is 11.8 Å². The van der Waals surface area contributed by atoms with Crippen LogP contribution in [0.15, 0.2) is 43.0 Å². The van der Waals surface area contributed by atoms with E-state index in [1.165, 1.54) is 24.8 Å². The highest BCUT2D eigenvalue weighted by atomic mass is 14.1. The molecule has 1 aromatic carbocycles. The van der Waals surface area contributed by atoms with Gasteiger partial charge in [0.1, 0.15) is 0 Å². The van der Waals surface area contributed by atoms with Crippen LogP contribution in [-0.4, -0.2) is 0 Å². The highest BCUT2D eigenvalue weighted by Gasteiger charge is 2.04. The van der Waals surface area contributed by atoms with Gasteiger partial charge in [0.05, 0.1) is 0 Å². The van der Waals surface area contributed by atoms with Crippen molar-refractivity contribution in [3.63, 3.8) is 0 Å². The predicted octanol–water partition coefficient (Wildman–Crippen LogP) is 4.93. The molecule has 1 rings (SSSR count). The normalized spacial score (nSPS) is 11.4. The molecule has 0 aliphatic rings. The van der Waals surface area contributed by atoms with Crippen molar-refractivity contribution in [2.75, 3.05) is 0 Å². The van der Waals surface area contributed by atoms with Crippen LogP contribution < -0.4 is 0 Å². The summed E-state index contributed by atoms with van der Waals surface area (Å²) in [5.74, 6) is 7.00. The first-order chi connectivity index (χ1) is 8.38. The van der Waals surface area contributed by atoms with Crippen LogP contribution in [0.4, 0.5) is 0 Å². The molecule has 0 fully saturated rings. The number of hydrogen-bond donors (Lipinski definition) is 0. The van der Waals surface area contributed by atoms with Crippen LogP contribution in [-0.2, 0) is 0 Å². The van der Waals surface area contributed by atoms with Crippen molar-refractivity contribution < 1.29 is 0 Å². The van der Waals surface area contributed by atoms with E-state index < -0.39 is 0 Å². The smallest absolute Gasteiger partial charge is 0.0486 e. The zero-order valence-electron chi connectivity index (χ0n) is 10.8. The van der Waals surface area contributed by atoms with Gasteiger partial charge in [-0.25, -0.2) is 0 Å². The molecule has 0 aromatic heterocycles. The van der Waals surface area contributed by atoms with E-state index in [1.807, 2.05) is 12.1 Å². The number of rotatable bonds is 6. The third-order valence-electron chi connectivity index (χ3n) is 2.79. The van der Waals surface area contributed by atoms with Crippen LogP contribution in [0.5, 0.6) is 0 Å². The van der Waals surface area contributed by atoms with Crippen molar-refractivity contribution in [3.05, 3.63) is 48.6 Å². The molecule has 17 heavy (non-hydrogen) atoms. The number of benzene rings is 1. The Morgan fingerprint density at radius 1 is 1.24 bits per heavy atom. The summed E-state index contributed by atoms with van der Waals surface area (Å²) >= 11 is 0. The van der Waals surface area contributed by atoms with Crippen molar-refractivity contribution in [1.29, 1.82) is 0 Å². The Morgan fingerprint density at radius 2 is 2.00 bits per heavy atom. The molecule has 0 saturated heterocycles. The van der Waals surface area contributed by atoms with Gasteiger partial charge in [0.25, 0.3) is 0 Å². The molecule has 90 valence electrons. The van der Waals surface area contributed by atoms with Gasteiger partial charge in [-0.05, 0) is 18.4 Å². The van der Waals surface area contributed by atoms with Gasteiger partial charge >= 0.3 is 0 Å². The monoisotopic (exact) mass is 226 g/mol. The summed E-state index contributed by atoms with van der Waals surface area (Å²) in [4.78, 5) is 0. The van der Waals surface area contributed by atoms with Crippen molar-refractivity contribution in [1.82, 2.24) is 0 Å². The van der Waals surface area contributed by atoms with Gasteiger partial charge in [-0.2, -0.15) is 0 Å². The summed E-state index contributed by atoms with van der Waals surface area (Å²) in [6.07, 6.45) is 7.68. The second kappa shape index (κ2) is 8.65. The fourth-order valence-corrected chi connectivity index (χ4v) is 1.79. The molecule has 1 aromatic rings. The number of unbranched alkanes of at least 4 members (excludes halogenated alkanes) is 3. The maximum atomic E-state index is 3.82. The number of hydrogen-bond acceptors (Lipinski definition) is 0. The zero-order valence-corrected chi connectivity index (χ0v) is 10.8. The van der Waals surface area contributed by atoms with Crippen LogP contribution >= 0.6 is 0 Å². The summed E-state index contributed by atoms with van der Waals surface area (Å²) in [6.45, 7) is 6.04. The van der Waals surface area contributed by atoms with E-state index >= 15 is 0 Å². The van der Waals surface area contributed by atoms with Crippen LogP contribution in [0.1, 0.15) is 50.5 Å². The molecule has 0 spiro atoms. The summed E-state index contributed by atoms with van der Waals surface area (Å²) in [5, 5.41) is 0. The lowest BCUT2D eigenvalue weighted by molar-refractivity contribution is 0.736. The van der Waals surface area contributed by atoms with Gasteiger partial charge in [-0.1, -0.05) is 62.1 Å². The lowest BCUT2D eigenvalue weighted by atomic mass is 9.96. The quantitative estimate of drug-likeness (QED) is 0.366. The van der Waals surface area contributed by atoms with Gasteiger partial charge in [-0.3, -0.25) is 0 Å². The number of allylic oxidation sites excluding steroid dienone is 1. The van der Waals surface area contributed by atoms with E-state index in [0.717, 1.165) is 12.8 Å². The largest absolute Gasteiger partial charge is 0.103 e. The summed E-state index contributed by atoms with van der Waals surface area (Å²) in [5.41, 5.74) is 1.30. The highest BCUT2D eigenvalue weighted by Crippen LogP contribution is 2.18. The van der Waals surface area contributed by atoms with Crippen LogP contribution in [0.2, 0.25) is 0 Å². The molecule has 0 aliphatic carbocycles. The third-order valence-corrected chi connectivity index (χ3v) is 2.79. The van der Waals surface area contributed by atoms with Gasteiger partial charge in [0.15, 0.2) is 0 Å². The van der Waals surface area contributed by atoms with Crippen molar-refractivity contribution in [3.8, 4) is 11.8 Å². The second-order valence-corrected chi connectivity index (χ2v) is 4.27. The van der Waals surface area contributed by atoms with Gasteiger partial charge in [0.2, 0.25) is 0 Å². The minimum Gasteiger partial charge on any atom is -0.103 e. The molecule has 0 amide bonds. The highest BCUT2D eigenvalue weighted by molar-refractivity contribution is 5.28. The SMILES string of the molecule is C=CCC(C#CCCCCC)c1ccccc1. The molecule has 0 saturated carbocycles. The predicted molar refractivity (Wildman–Crippen MR) is 75.9 cm³/mol. The third kappa shape index (κ3) is 5.41. The maximum Gasteiger partial charge on any atom is 0.0486 e. The molecule has 0 radical (unpaired) electrons. The van der Waals surface area contributed by atoms with Gasteiger partial charge in [-0.15, -0.1) is 12.5 Å². The molecule has 1 atom stereocenters. The topological polar surface area (TPSA) is 0 Å². The van der Waals surface area contributed by atoms with Crippen molar-refractivity contribution in [2.24, 2.45) is 0 Å². The molecule has 0 nitrogen and oxygen atoms in total. The Hall–Kier alpha value is -1.48.